The number of aromatic nitrogens is 4. The molecule has 9 heteroatoms. The molecule has 2 aromatic rings. The highest BCUT2D eigenvalue weighted by molar-refractivity contribution is 5.69. The van der Waals surface area contributed by atoms with Crippen LogP contribution in [0.2, 0.25) is 0 Å². The van der Waals surface area contributed by atoms with Gasteiger partial charge in [-0.2, -0.15) is 4.73 Å². The molecule has 0 bridgehead atoms. The summed E-state index contributed by atoms with van der Waals surface area (Å²) >= 11 is 0. The van der Waals surface area contributed by atoms with E-state index < -0.39 is 0 Å². The van der Waals surface area contributed by atoms with E-state index in [1.165, 1.54) is 11.7 Å². The molecule has 0 spiro atoms. The van der Waals surface area contributed by atoms with Crippen molar-refractivity contribution < 1.29 is 24.3 Å². The number of unbranched alkanes of at least 4 members (excludes halogenated alkanes) is 3. The second kappa shape index (κ2) is 14.3. The minimum Gasteiger partial charge on any atom is -0.464 e. The van der Waals surface area contributed by atoms with Crippen LogP contribution in [-0.2, 0) is 33.7 Å². The van der Waals surface area contributed by atoms with Crippen LogP contribution in [0.1, 0.15) is 69.5 Å². The summed E-state index contributed by atoms with van der Waals surface area (Å²) in [5.41, 5.74) is 1.78. The first-order chi connectivity index (χ1) is 14.8. The zero-order chi connectivity index (χ0) is 23.2. The summed E-state index contributed by atoms with van der Waals surface area (Å²) in [6, 6.07) is 0. The smallest absolute Gasteiger partial charge is 0.329 e. The number of aliphatic hydroxyl groups excluding tert-OH is 1. The summed E-state index contributed by atoms with van der Waals surface area (Å²) in [6.07, 6.45) is 8.77. The van der Waals surface area contributed by atoms with E-state index in [1.807, 2.05) is 38.5 Å². The van der Waals surface area contributed by atoms with Crippen molar-refractivity contribution in [3.8, 4) is 0 Å². The van der Waals surface area contributed by atoms with E-state index in [-0.39, 0.29) is 25.1 Å². The van der Waals surface area contributed by atoms with Gasteiger partial charge in [-0.1, -0.05) is 20.3 Å². The standard InChI is InChI=1S/C14H24N2O3.C8H12N2O2/c1-3-13-15-12(2)10-16(13)11-14(18)19-9-7-5-4-6-8-17;1-4-8-9-6(2)5-10(8)12-7(3)11/h10,17H,3-9,11H2,1-2H3;5H,4H2,1-3H3. The van der Waals surface area contributed by atoms with Crippen molar-refractivity contribution in [3.63, 3.8) is 0 Å². The van der Waals surface area contributed by atoms with Gasteiger partial charge in [-0.25, -0.2) is 14.8 Å². The maximum absolute atomic E-state index is 11.7. The van der Waals surface area contributed by atoms with Gasteiger partial charge in [0.2, 0.25) is 0 Å². The van der Waals surface area contributed by atoms with Crippen molar-refractivity contribution in [1.82, 2.24) is 19.3 Å². The van der Waals surface area contributed by atoms with E-state index in [1.54, 1.807) is 6.20 Å². The number of nitrogens with zero attached hydrogens (tertiary/aromatic N) is 4. The normalized spacial score (nSPS) is 10.4. The van der Waals surface area contributed by atoms with Gasteiger partial charge in [0.15, 0.2) is 0 Å². The molecule has 2 aromatic heterocycles. The fraction of sp³-hybridized carbons (Fsp3) is 0.636. The summed E-state index contributed by atoms with van der Waals surface area (Å²) in [4.78, 5) is 35.7. The Bertz CT molecular complexity index is 813. The first kappa shape index (κ1) is 26.4. The molecule has 0 radical (unpaired) electrons. The van der Waals surface area contributed by atoms with E-state index in [0.29, 0.717) is 6.61 Å². The van der Waals surface area contributed by atoms with Gasteiger partial charge >= 0.3 is 11.9 Å². The lowest BCUT2D eigenvalue weighted by Gasteiger charge is -2.07. The highest BCUT2D eigenvalue weighted by Crippen LogP contribution is 2.05. The van der Waals surface area contributed by atoms with Gasteiger partial charge in [-0.05, 0) is 33.1 Å². The summed E-state index contributed by atoms with van der Waals surface area (Å²) in [5, 5.41) is 8.63. The van der Waals surface area contributed by atoms with Crippen LogP contribution < -0.4 is 4.84 Å². The van der Waals surface area contributed by atoms with Crippen LogP contribution in [0.15, 0.2) is 12.4 Å². The van der Waals surface area contributed by atoms with E-state index >= 15 is 0 Å². The number of aryl methyl sites for hydroxylation is 4. The molecule has 0 aromatic carbocycles. The number of carbonyl (C=O) groups excluding carboxylic acids is 2. The minimum atomic E-state index is -0.331. The van der Waals surface area contributed by atoms with Crippen molar-refractivity contribution in [2.45, 2.75) is 79.7 Å². The lowest BCUT2D eigenvalue weighted by Crippen LogP contribution is -2.17. The number of hydrogen-bond acceptors (Lipinski definition) is 7. The van der Waals surface area contributed by atoms with Gasteiger partial charge in [0.25, 0.3) is 0 Å². The third kappa shape index (κ3) is 10.3. The van der Waals surface area contributed by atoms with Crippen molar-refractivity contribution in [2.75, 3.05) is 13.2 Å². The van der Waals surface area contributed by atoms with Crippen molar-refractivity contribution >= 4 is 11.9 Å². The van der Waals surface area contributed by atoms with Gasteiger partial charge in [0.1, 0.15) is 18.2 Å². The summed E-state index contributed by atoms with van der Waals surface area (Å²) in [7, 11) is 0. The first-order valence-electron chi connectivity index (χ1n) is 10.8. The molecule has 0 fully saturated rings. The van der Waals surface area contributed by atoms with Crippen LogP contribution in [-0.4, -0.2) is 49.5 Å². The van der Waals surface area contributed by atoms with E-state index in [2.05, 4.69) is 9.97 Å². The maximum atomic E-state index is 11.7. The molecule has 0 amide bonds. The molecule has 0 aliphatic heterocycles. The van der Waals surface area contributed by atoms with E-state index in [9.17, 15) is 9.59 Å². The lowest BCUT2D eigenvalue weighted by molar-refractivity contribution is -0.144. The molecule has 0 saturated carbocycles. The molecule has 9 nitrogen and oxygen atoms in total. The average molecular weight is 437 g/mol. The van der Waals surface area contributed by atoms with Gasteiger partial charge in [0.05, 0.1) is 24.2 Å². The van der Waals surface area contributed by atoms with Gasteiger partial charge in [-0.3, -0.25) is 4.79 Å². The second-order valence-electron chi connectivity index (χ2n) is 7.20. The molecule has 0 unspecified atom stereocenters. The Labute approximate surface area is 184 Å². The summed E-state index contributed by atoms with van der Waals surface area (Å²) in [5.74, 6) is 1.14. The minimum absolute atomic E-state index is 0.214. The zero-order valence-electron chi connectivity index (χ0n) is 19.4. The number of ether oxygens (including phenoxy) is 1. The first-order valence-corrected chi connectivity index (χ1v) is 10.8. The van der Waals surface area contributed by atoms with Gasteiger partial charge in [-0.15, -0.1) is 0 Å². The lowest BCUT2D eigenvalue weighted by atomic mass is 10.2. The van der Waals surface area contributed by atoms with Crippen LogP contribution >= 0.6 is 0 Å². The number of rotatable bonds is 11. The molecule has 0 saturated heterocycles. The Balaban J connectivity index is 0.000000343. The Hall–Kier alpha value is -2.68. The molecular weight excluding hydrogens is 400 g/mol. The topological polar surface area (TPSA) is 108 Å². The van der Waals surface area contributed by atoms with Crippen molar-refractivity contribution in [2.24, 2.45) is 0 Å². The molecule has 31 heavy (non-hydrogen) atoms. The Kier molecular flexibility index (Phi) is 12.2. The number of esters is 1. The molecule has 174 valence electrons. The van der Waals surface area contributed by atoms with Crippen LogP contribution in [0, 0.1) is 13.8 Å². The number of hydrogen-bond donors (Lipinski definition) is 1. The molecule has 1 N–H and O–H groups in total. The monoisotopic (exact) mass is 436 g/mol. The van der Waals surface area contributed by atoms with Crippen molar-refractivity contribution in [1.29, 1.82) is 0 Å². The van der Waals surface area contributed by atoms with Crippen LogP contribution in [0.5, 0.6) is 0 Å². The number of carbonyl (C=O) groups is 2. The van der Waals surface area contributed by atoms with Crippen LogP contribution in [0.3, 0.4) is 0 Å². The maximum Gasteiger partial charge on any atom is 0.329 e. The predicted octanol–water partition coefficient (Wildman–Crippen LogP) is 2.58. The van der Waals surface area contributed by atoms with E-state index in [4.69, 9.17) is 14.7 Å². The molecular formula is C22H36N4O5. The molecule has 0 aliphatic carbocycles. The Morgan fingerprint density at radius 3 is 2.19 bits per heavy atom. The third-order valence-electron chi connectivity index (χ3n) is 4.32. The quantitative estimate of drug-likeness (QED) is 0.426. The average Bonchev–Trinajstić information content (AvgIpc) is 3.25. The predicted molar refractivity (Wildman–Crippen MR) is 116 cm³/mol. The Morgan fingerprint density at radius 2 is 1.58 bits per heavy atom. The Morgan fingerprint density at radius 1 is 0.968 bits per heavy atom. The highest BCUT2D eigenvalue weighted by Gasteiger charge is 2.09. The van der Waals surface area contributed by atoms with Crippen LogP contribution in [0.4, 0.5) is 0 Å². The number of imidazole rings is 2. The van der Waals surface area contributed by atoms with E-state index in [0.717, 1.165) is 61.6 Å². The zero-order valence-corrected chi connectivity index (χ0v) is 19.4. The largest absolute Gasteiger partial charge is 0.464 e. The molecule has 2 heterocycles. The molecule has 0 aliphatic rings. The SMILES string of the molecule is CCc1nc(C)cn1CC(=O)OCCCCCCO.CCc1nc(C)cn1OC(C)=O. The fourth-order valence-corrected chi connectivity index (χ4v) is 2.93. The fourth-order valence-electron chi connectivity index (χ4n) is 2.93. The summed E-state index contributed by atoms with van der Waals surface area (Å²) in [6.45, 7) is 10.1. The van der Waals surface area contributed by atoms with Gasteiger partial charge in [0, 0.05) is 32.6 Å². The van der Waals surface area contributed by atoms with Crippen LogP contribution in [0.25, 0.3) is 0 Å². The number of aliphatic hydroxyl groups is 1. The second-order valence-corrected chi connectivity index (χ2v) is 7.20. The highest BCUT2D eigenvalue weighted by atomic mass is 16.7. The summed E-state index contributed by atoms with van der Waals surface area (Å²) < 4.78 is 8.45. The molecule has 0 atom stereocenters. The molecule has 2 rings (SSSR count). The third-order valence-corrected chi connectivity index (χ3v) is 4.32. The van der Waals surface area contributed by atoms with Gasteiger partial charge < -0.3 is 19.2 Å². The van der Waals surface area contributed by atoms with Crippen molar-refractivity contribution in [3.05, 3.63) is 35.4 Å².